The molecule has 122 valence electrons. The van der Waals surface area contributed by atoms with Gasteiger partial charge in [0.25, 0.3) is 11.5 Å². The third-order valence-electron chi connectivity index (χ3n) is 3.81. The molecule has 0 saturated carbocycles. The van der Waals surface area contributed by atoms with E-state index in [1.54, 1.807) is 19.1 Å². The van der Waals surface area contributed by atoms with Gasteiger partial charge in [0.05, 0.1) is 22.8 Å². The van der Waals surface area contributed by atoms with Crippen LogP contribution in [0.2, 0.25) is 0 Å². The lowest BCUT2D eigenvalue weighted by Gasteiger charge is -2.03. The molecule has 10 nitrogen and oxygen atoms in total. The van der Waals surface area contributed by atoms with Gasteiger partial charge in [-0.2, -0.15) is 10.3 Å². The van der Waals surface area contributed by atoms with Crippen LogP contribution in [0.1, 0.15) is 11.1 Å². The summed E-state index contributed by atoms with van der Waals surface area (Å²) in [5.74, 6) is 2.29. The number of aromatic amines is 1. The average molecular weight is 332 g/mol. The number of benzene rings is 1. The number of rotatable bonds is 3. The van der Waals surface area contributed by atoms with Crippen molar-refractivity contribution in [2.45, 2.75) is 6.92 Å². The molecule has 0 amide bonds. The molecule has 0 radical (unpaired) electrons. The number of tetrazole rings is 1. The molecule has 3 aromatic heterocycles. The lowest BCUT2D eigenvalue weighted by atomic mass is 10.1. The smallest absolute Gasteiger partial charge is 0.283 e. The van der Waals surface area contributed by atoms with Crippen molar-refractivity contribution in [1.29, 1.82) is 0 Å². The van der Waals surface area contributed by atoms with Gasteiger partial charge < -0.3 is 5.41 Å². The van der Waals surface area contributed by atoms with Gasteiger partial charge in [0, 0.05) is 5.22 Å². The SMILES string of the molecule is Cc1c(/C=N/Nc2nn[nH]n2)c(=O)n2c(nc3ccccc32)c1=C=[N-]. The van der Waals surface area contributed by atoms with E-state index in [4.69, 9.17) is 0 Å². The minimum absolute atomic E-state index is 0.163. The van der Waals surface area contributed by atoms with Crippen LogP contribution in [0.5, 0.6) is 0 Å². The molecular formula is C15H10N9O-. The van der Waals surface area contributed by atoms with E-state index in [0.29, 0.717) is 27.5 Å². The van der Waals surface area contributed by atoms with E-state index in [0.717, 1.165) is 0 Å². The molecule has 4 rings (SSSR count). The summed E-state index contributed by atoms with van der Waals surface area (Å²) in [5.41, 5.74) is 4.66. The second-order valence-electron chi connectivity index (χ2n) is 5.20. The Balaban J connectivity index is 1.98. The third kappa shape index (κ3) is 2.25. The number of hydrogen-bond acceptors (Lipinski definition) is 7. The van der Waals surface area contributed by atoms with Crippen LogP contribution >= 0.6 is 0 Å². The molecule has 0 unspecified atom stereocenters. The molecule has 0 spiro atoms. The molecule has 0 fully saturated rings. The Labute approximate surface area is 139 Å². The summed E-state index contributed by atoms with van der Waals surface area (Å²) in [6, 6.07) is 7.22. The van der Waals surface area contributed by atoms with Crippen LogP contribution in [0.15, 0.2) is 34.2 Å². The van der Waals surface area contributed by atoms with Crippen molar-refractivity contribution in [2.75, 3.05) is 5.43 Å². The van der Waals surface area contributed by atoms with Crippen molar-refractivity contribution in [2.24, 2.45) is 5.10 Å². The van der Waals surface area contributed by atoms with Crippen LogP contribution < -0.4 is 16.2 Å². The molecule has 0 saturated heterocycles. The highest BCUT2D eigenvalue weighted by atomic mass is 16.1. The lowest BCUT2D eigenvalue weighted by molar-refractivity contribution is 0.881. The maximum Gasteiger partial charge on any atom is 0.283 e. The van der Waals surface area contributed by atoms with Crippen LogP contribution in [0.3, 0.4) is 0 Å². The molecule has 2 N–H and O–H groups in total. The summed E-state index contributed by atoms with van der Waals surface area (Å²) in [4.78, 5) is 17.3. The van der Waals surface area contributed by atoms with E-state index in [-0.39, 0.29) is 17.1 Å². The van der Waals surface area contributed by atoms with Crippen LogP contribution in [0.4, 0.5) is 5.95 Å². The quantitative estimate of drug-likeness (QED) is 0.392. The molecular weight excluding hydrogens is 322 g/mol. The lowest BCUT2D eigenvalue weighted by Crippen LogP contribution is -2.28. The third-order valence-corrected chi connectivity index (χ3v) is 3.81. The highest BCUT2D eigenvalue weighted by molar-refractivity contribution is 5.87. The van der Waals surface area contributed by atoms with Crippen molar-refractivity contribution in [1.82, 2.24) is 30.0 Å². The normalized spacial score (nSPS) is 11.4. The van der Waals surface area contributed by atoms with Crippen LogP contribution in [-0.4, -0.2) is 42.1 Å². The standard InChI is InChI=1S/C15H10N9O/c1-8-9(6-16)13-18-11-4-2-3-5-12(11)24(13)14(25)10(8)7-17-19-15-20-22-23-21-15/h2-5,7H,1H3,(H2,19,20,21,22,23)/q-1/b17-7+. The van der Waals surface area contributed by atoms with E-state index in [2.05, 4.69) is 42.0 Å². The monoisotopic (exact) mass is 332 g/mol. The van der Waals surface area contributed by atoms with Gasteiger partial charge in [0.1, 0.15) is 0 Å². The second kappa shape index (κ2) is 5.62. The number of para-hydroxylation sites is 2. The topological polar surface area (TPSA) is 136 Å². The van der Waals surface area contributed by atoms with Gasteiger partial charge in [-0.05, 0) is 29.8 Å². The maximum absolute atomic E-state index is 12.9. The van der Waals surface area contributed by atoms with E-state index in [1.807, 2.05) is 12.1 Å². The summed E-state index contributed by atoms with van der Waals surface area (Å²) < 4.78 is 1.43. The first-order chi connectivity index (χ1) is 12.2. The molecule has 4 aromatic rings. The van der Waals surface area contributed by atoms with Gasteiger partial charge >= 0.3 is 0 Å². The van der Waals surface area contributed by atoms with E-state index in [1.165, 1.54) is 10.6 Å². The minimum Gasteiger partial charge on any atom is -0.763 e. The van der Waals surface area contributed by atoms with Gasteiger partial charge in [-0.3, -0.25) is 15.1 Å². The highest BCUT2D eigenvalue weighted by Gasteiger charge is 2.14. The number of fused-ring (bicyclic) bond motifs is 3. The summed E-state index contributed by atoms with van der Waals surface area (Å²) in [6.07, 6.45) is 1.34. The first-order valence-corrected chi connectivity index (χ1v) is 7.24. The fourth-order valence-corrected chi connectivity index (χ4v) is 2.63. The molecule has 0 bridgehead atoms. The summed E-state index contributed by atoms with van der Waals surface area (Å²) in [6.45, 7) is 1.69. The van der Waals surface area contributed by atoms with E-state index in [9.17, 15) is 10.2 Å². The molecule has 0 aliphatic carbocycles. The number of H-pyrrole nitrogens is 1. The zero-order valence-corrected chi connectivity index (χ0v) is 12.9. The Morgan fingerprint density at radius 3 is 3.00 bits per heavy atom. The molecule has 0 aliphatic rings. The fraction of sp³-hybridized carbons (Fsp3) is 0.0667. The highest BCUT2D eigenvalue weighted by Crippen LogP contribution is 2.13. The van der Waals surface area contributed by atoms with Gasteiger partial charge in [-0.15, -0.1) is 5.10 Å². The molecule has 0 atom stereocenters. The maximum atomic E-state index is 12.9. The van der Waals surface area contributed by atoms with Gasteiger partial charge in [0.15, 0.2) is 5.65 Å². The number of nitrogens with one attached hydrogen (secondary N) is 2. The predicted octanol–water partition coefficient (Wildman–Crippen LogP) is -0.255. The second-order valence-corrected chi connectivity index (χ2v) is 5.20. The first-order valence-electron chi connectivity index (χ1n) is 7.24. The van der Waals surface area contributed by atoms with Crippen molar-refractivity contribution in [3.63, 3.8) is 0 Å². The Morgan fingerprint density at radius 2 is 2.24 bits per heavy atom. The van der Waals surface area contributed by atoms with Crippen LogP contribution in [0.25, 0.3) is 22.1 Å². The Hall–Kier alpha value is -3.91. The van der Waals surface area contributed by atoms with Gasteiger partial charge in [0.2, 0.25) is 0 Å². The fourth-order valence-electron chi connectivity index (χ4n) is 2.63. The number of anilines is 1. The molecule has 3 heterocycles. The number of imidazole rings is 1. The summed E-state index contributed by atoms with van der Waals surface area (Å²) in [7, 11) is 0. The summed E-state index contributed by atoms with van der Waals surface area (Å²) in [5, 5.41) is 26.9. The zero-order chi connectivity index (χ0) is 17.4. The Morgan fingerprint density at radius 1 is 1.40 bits per heavy atom. The largest absolute Gasteiger partial charge is 0.763 e. The van der Waals surface area contributed by atoms with E-state index < -0.39 is 0 Å². The van der Waals surface area contributed by atoms with Crippen LogP contribution in [0, 0.1) is 6.92 Å². The van der Waals surface area contributed by atoms with E-state index >= 15 is 0 Å². The van der Waals surface area contributed by atoms with Crippen molar-refractivity contribution in [3.05, 3.63) is 56.4 Å². The predicted molar refractivity (Wildman–Crippen MR) is 91.8 cm³/mol. The van der Waals surface area contributed by atoms with Crippen molar-refractivity contribution >= 4 is 34.7 Å². The molecule has 1 aromatic carbocycles. The van der Waals surface area contributed by atoms with Crippen LogP contribution in [-0.2, 0) is 0 Å². The molecule has 25 heavy (non-hydrogen) atoms. The van der Waals surface area contributed by atoms with Crippen molar-refractivity contribution in [3.8, 4) is 0 Å². The number of aromatic nitrogens is 6. The Kier molecular flexibility index (Phi) is 3.30. The summed E-state index contributed by atoms with van der Waals surface area (Å²) >= 11 is 0. The molecule has 0 aliphatic heterocycles. The average Bonchev–Trinajstić information content (AvgIpc) is 3.25. The first kappa shape index (κ1) is 14.7. The van der Waals surface area contributed by atoms with Gasteiger partial charge in [-0.25, -0.2) is 10.4 Å². The molecule has 10 heteroatoms. The van der Waals surface area contributed by atoms with Crippen molar-refractivity contribution < 1.29 is 0 Å². The number of hydrogen-bond donors (Lipinski definition) is 2. The minimum atomic E-state index is -0.307. The number of hydrazone groups is 1. The van der Waals surface area contributed by atoms with Gasteiger partial charge in [-0.1, -0.05) is 17.2 Å². The zero-order valence-electron chi connectivity index (χ0n) is 12.9. The Bertz CT molecular complexity index is 1250. The number of pyridine rings is 1. The number of nitrogens with zero attached hydrogens (tertiary/aromatic N) is 7.